The van der Waals surface area contributed by atoms with E-state index in [1.54, 1.807) is 11.0 Å². The molecule has 0 bridgehead atoms. The lowest BCUT2D eigenvalue weighted by molar-refractivity contribution is 0.525. The number of hydrogen-bond acceptors (Lipinski definition) is 4. The van der Waals surface area contributed by atoms with Gasteiger partial charge in [-0.3, -0.25) is 4.68 Å². The second-order valence-corrected chi connectivity index (χ2v) is 5.26. The molecule has 0 spiro atoms. The van der Waals surface area contributed by atoms with Crippen molar-refractivity contribution in [2.24, 2.45) is 7.05 Å². The summed E-state index contributed by atoms with van der Waals surface area (Å²) in [5, 5.41) is 8.50. The van der Waals surface area contributed by atoms with Gasteiger partial charge in [0.1, 0.15) is 6.33 Å². The van der Waals surface area contributed by atoms with Crippen LogP contribution in [0.4, 0.5) is 0 Å². The van der Waals surface area contributed by atoms with E-state index < -0.39 is 0 Å². The zero-order chi connectivity index (χ0) is 9.97. The maximum absolute atomic E-state index is 4.23. The van der Waals surface area contributed by atoms with E-state index in [4.69, 9.17) is 0 Å². The Kier molecular flexibility index (Phi) is 3.08. The van der Waals surface area contributed by atoms with Crippen LogP contribution in [0.15, 0.2) is 6.33 Å². The fraction of sp³-hybridized carbons (Fsp3) is 0.778. The molecule has 1 aliphatic heterocycles. The molecule has 1 saturated heterocycles. The molecule has 78 valence electrons. The molecule has 0 saturated carbocycles. The second kappa shape index (κ2) is 4.31. The highest BCUT2D eigenvalue weighted by atomic mass is 32.2. The monoisotopic (exact) mass is 212 g/mol. The van der Waals surface area contributed by atoms with Crippen LogP contribution in [0.1, 0.15) is 19.2 Å². The first kappa shape index (κ1) is 9.98. The van der Waals surface area contributed by atoms with Gasteiger partial charge < -0.3 is 5.32 Å². The van der Waals surface area contributed by atoms with E-state index in [0.717, 1.165) is 17.6 Å². The number of nitrogens with one attached hydrogen (secondary N) is 1. The first-order chi connectivity index (χ1) is 6.74. The van der Waals surface area contributed by atoms with Crippen LogP contribution in [-0.4, -0.2) is 31.8 Å². The van der Waals surface area contributed by atoms with Gasteiger partial charge in [0.25, 0.3) is 0 Å². The van der Waals surface area contributed by atoms with Crippen molar-refractivity contribution in [2.45, 2.75) is 31.2 Å². The normalized spacial score (nSPS) is 27.0. The molecule has 2 atom stereocenters. The van der Waals surface area contributed by atoms with Crippen LogP contribution in [0.3, 0.4) is 0 Å². The third kappa shape index (κ3) is 2.48. The lowest BCUT2D eigenvalue weighted by Crippen LogP contribution is -2.29. The lowest BCUT2D eigenvalue weighted by Gasteiger charge is -2.08. The maximum atomic E-state index is 4.23. The summed E-state index contributed by atoms with van der Waals surface area (Å²) >= 11 is 2.04. The third-order valence-corrected chi connectivity index (χ3v) is 3.75. The summed E-state index contributed by atoms with van der Waals surface area (Å²) in [6.45, 7) is 3.07. The molecule has 0 amide bonds. The Balaban J connectivity index is 1.77. The molecule has 0 radical (unpaired) electrons. The van der Waals surface area contributed by atoms with Crippen molar-refractivity contribution in [1.29, 1.82) is 0 Å². The van der Waals surface area contributed by atoms with Crippen LogP contribution < -0.4 is 5.32 Å². The van der Waals surface area contributed by atoms with Crippen molar-refractivity contribution < 1.29 is 0 Å². The van der Waals surface area contributed by atoms with E-state index >= 15 is 0 Å². The Morgan fingerprint density at radius 2 is 2.57 bits per heavy atom. The van der Waals surface area contributed by atoms with E-state index in [1.165, 1.54) is 12.2 Å². The molecule has 14 heavy (non-hydrogen) atoms. The zero-order valence-corrected chi connectivity index (χ0v) is 9.42. The molecule has 0 aliphatic carbocycles. The van der Waals surface area contributed by atoms with E-state index in [0.29, 0.717) is 6.04 Å². The smallest absolute Gasteiger partial charge is 0.164 e. The Labute approximate surface area is 88.5 Å². The third-order valence-electron chi connectivity index (χ3n) is 2.39. The van der Waals surface area contributed by atoms with E-state index in [1.807, 2.05) is 18.8 Å². The highest BCUT2D eigenvalue weighted by molar-refractivity contribution is 8.00. The van der Waals surface area contributed by atoms with Crippen LogP contribution in [-0.2, 0) is 13.6 Å². The predicted octanol–water partition coefficient (Wildman–Crippen LogP) is 0.799. The van der Waals surface area contributed by atoms with E-state index in [-0.39, 0.29) is 0 Å². The Hall–Kier alpha value is -0.550. The van der Waals surface area contributed by atoms with Crippen molar-refractivity contribution in [3.8, 4) is 0 Å². The number of rotatable bonds is 3. The Morgan fingerprint density at radius 3 is 3.14 bits per heavy atom. The number of aryl methyl sites for hydroxylation is 1. The summed E-state index contributed by atoms with van der Waals surface area (Å²) in [6, 6.07) is 0.638. The summed E-state index contributed by atoms with van der Waals surface area (Å²) in [4.78, 5) is 4.18. The van der Waals surface area contributed by atoms with Crippen LogP contribution in [0, 0.1) is 0 Å². The molecule has 0 aromatic carbocycles. The minimum Gasteiger partial charge on any atom is -0.306 e. The number of hydrogen-bond donors (Lipinski definition) is 1. The van der Waals surface area contributed by atoms with Crippen molar-refractivity contribution in [1.82, 2.24) is 20.1 Å². The number of nitrogens with zero attached hydrogens (tertiary/aromatic N) is 3. The first-order valence-corrected chi connectivity index (χ1v) is 5.98. The maximum Gasteiger partial charge on any atom is 0.164 e. The minimum atomic E-state index is 0.638. The molecule has 1 aromatic rings. The van der Waals surface area contributed by atoms with Crippen molar-refractivity contribution in [2.75, 3.05) is 5.75 Å². The van der Waals surface area contributed by atoms with Gasteiger partial charge in [-0.25, -0.2) is 4.98 Å². The van der Waals surface area contributed by atoms with Crippen molar-refractivity contribution in [3.05, 3.63) is 12.2 Å². The van der Waals surface area contributed by atoms with E-state index in [2.05, 4.69) is 22.3 Å². The standard InChI is InChI=1S/C9H16N4S/c1-7-3-8(5-14-7)10-4-9-11-6-13(2)12-9/h6-8,10H,3-5H2,1-2H3. The van der Waals surface area contributed by atoms with Gasteiger partial charge in [0.2, 0.25) is 0 Å². The van der Waals surface area contributed by atoms with Gasteiger partial charge in [-0.05, 0) is 6.42 Å². The number of aromatic nitrogens is 3. The van der Waals surface area contributed by atoms with Crippen LogP contribution in [0.25, 0.3) is 0 Å². The Morgan fingerprint density at radius 1 is 1.71 bits per heavy atom. The van der Waals surface area contributed by atoms with Gasteiger partial charge >= 0.3 is 0 Å². The van der Waals surface area contributed by atoms with Gasteiger partial charge in [0.15, 0.2) is 5.82 Å². The van der Waals surface area contributed by atoms with Crippen LogP contribution >= 0.6 is 11.8 Å². The first-order valence-electron chi connectivity index (χ1n) is 4.93. The minimum absolute atomic E-state index is 0.638. The molecule has 2 rings (SSSR count). The van der Waals surface area contributed by atoms with Crippen molar-refractivity contribution >= 4 is 11.8 Å². The van der Waals surface area contributed by atoms with Gasteiger partial charge in [0, 0.05) is 24.1 Å². The Bertz CT molecular complexity index is 299. The summed E-state index contributed by atoms with van der Waals surface area (Å²) in [7, 11) is 1.89. The van der Waals surface area contributed by atoms with Gasteiger partial charge in [0.05, 0.1) is 6.54 Å². The largest absolute Gasteiger partial charge is 0.306 e. The predicted molar refractivity (Wildman–Crippen MR) is 58.2 cm³/mol. The summed E-state index contributed by atoms with van der Waals surface area (Å²) in [5.41, 5.74) is 0. The number of thioether (sulfide) groups is 1. The van der Waals surface area contributed by atoms with Crippen LogP contribution in [0.5, 0.6) is 0 Å². The van der Waals surface area contributed by atoms with Gasteiger partial charge in [-0.2, -0.15) is 16.9 Å². The fourth-order valence-corrected chi connectivity index (χ4v) is 2.84. The highest BCUT2D eigenvalue weighted by Crippen LogP contribution is 2.25. The average Bonchev–Trinajstić information content (AvgIpc) is 2.72. The molecular weight excluding hydrogens is 196 g/mol. The topological polar surface area (TPSA) is 42.7 Å². The summed E-state index contributed by atoms with van der Waals surface area (Å²) in [5.74, 6) is 2.10. The molecule has 2 heterocycles. The molecule has 5 heteroatoms. The molecule has 4 nitrogen and oxygen atoms in total. The molecule has 1 fully saturated rings. The summed E-state index contributed by atoms with van der Waals surface area (Å²) < 4.78 is 1.74. The second-order valence-electron chi connectivity index (χ2n) is 3.79. The lowest BCUT2D eigenvalue weighted by atomic mass is 10.2. The highest BCUT2D eigenvalue weighted by Gasteiger charge is 2.21. The zero-order valence-electron chi connectivity index (χ0n) is 8.60. The van der Waals surface area contributed by atoms with Gasteiger partial charge in [-0.1, -0.05) is 6.92 Å². The van der Waals surface area contributed by atoms with Crippen LogP contribution in [0.2, 0.25) is 0 Å². The quantitative estimate of drug-likeness (QED) is 0.805. The molecule has 2 unspecified atom stereocenters. The van der Waals surface area contributed by atoms with E-state index in [9.17, 15) is 0 Å². The summed E-state index contributed by atoms with van der Waals surface area (Å²) in [6.07, 6.45) is 3.00. The SMILES string of the molecule is CC1CC(NCc2ncn(C)n2)CS1. The van der Waals surface area contributed by atoms with Crippen molar-refractivity contribution in [3.63, 3.8) is 0 Å². The molecular formula is C9H16N4S. The molecule has 1 aliphatic rings. The average molecular weight is 212 g/mol. The molecule has 1 aromatic heterocycles. The molecule has 1 N–H and O–H groups in total. The fourth-order valence-electron chi connectivity index (χ4n) is 1.66. The van der Waals surface area contributed by atoms with Gasteiger partial charge in [-0.15, -0.1) is 0 Å².